The molecule has 0 atom stereocenters. The molecule has 1 heterocycles. The minimum atomic E-state index is 0.323. The molecule has 0 aromatic heterocycles. The molecule has 2 aliphatic rings. The summed E-state index contributed by atoms with van der Waals surface area (Å²) < 4.78 is 5.98. The van der Waals surface area contributed by atoms with Gasteiger partial charge < -0.3 is 15.0 Å². The Morgan fingerprint density at radius 3 is 2.90 bits per heavy atom. The number of thioether (sulfide) groups is 1. The Balaban J connectivity index is 1.61. The Kier molecular flexibility index (Phi) is 6.02. The molecule has 4 nitrogen and oxygen atoms in total. The van der Waals surface area contributed by atoms with Gasteiger partial charge in [-0.1, -0.05) is 0 Å². The first-order chi connectivity index (χ1) is 9.61. The molecule has 0 amide bonds. The van der Waals surface area contributed by atoms with Gasteiger partial charge in [0.05, 0.1) is 0 Å². The zero-order chi connectivity index (χ0) is 14.4. The summed E-state index contributed by atoms with van der Waals surface area (Å²) in [5.74, 6) is 3.09. The van der Waals surface area contributed by atoms with Crippen LogP contribution >= 0.6 is 11.8 Å². The fraction of sp³-hybridized carbons (Fsp3) is 0.933. The maximum absolute atomic E-state index is 5.65. The number of hydrogen-bond acceptors (Lipinski definition) is 3. The highest BCUT2D eigenvalue weighted by molar-refractivity contribution is 8.00. The standard InChI is InChI=1S/C15H29N3OS/c1-15(2)12-18(8-10-20-15)14(16-3)17-7-4-9-19-11-13-5-6-13/h13H,4-12H2,1-3H3,(H,16,17). The van der Waals surface area contributed by atoms with Gasteiger partial charge in [-0.15, -0.1) is 0 Å². The van der Waals surface area contributed by atoms with Gasteiger partial charge in [-0.3, -0.25) is 4.99 Å². The van der Waals surface area contributed by atoms with Crippen LogP contribution in [-0.4, -0.2) is 61.3 Å². The SMILES string of the molecule is CN=C(NCCCOCC1CC1)N1CCSC(C)(C)C1. The quantitative estimate of drug-likeness (QED) is 0.463. The topological polar surface area (TPSA) is 36.9 Å². The summed E-state index contributed by atoms with van der Waals surface area (Å²) in [6, 6.07) is 0. The van der Waals surface area contributed by atoms with E-state index in [1.54, 1.807) is 0 Å². The van der Waals surface area contributed by atoms with Gasteiger partial charge in [-0.25, -0.2) is 0 Å². The molecule has 0 bridgehead atoms. The van der Waals surface area contributed by atoms with Crippen molar-refractivity contribution in [3.8, 4) is 0 Å². The van der Waals surface area contributed by atoms with Crippen molar-refractivity contribution in [2.24, 2.45) is 10.9 Å². The first kappa shape index (κ1) is 16.0. The summed E-state index contributed by atoms with van der Waals surface area (Å²) >= 11 is 2.05. The summed E-state index contributed by atoms with van der Waals surface area (Å²) in [5, 5.41) is 3.47. The van der Waals surface area contributed by atoms with Gasteiger partial charge in [0.2, 0.25) is 0 Å². The molecule has 0 aromatic carbocycles. The molecule has 5 heteroatoms. The van der Waals surface area contributed by atoms with Gasteiger partial charge >= 0.3 is 0 Å². The molecule has 116 valence electrons. The molecule has 1 N–H and O–H groups in total. The van der Waals surface area contributed by atoms with Gasteiger partial charge in [0.15, 0.2) is 5.96 Å². The molecule has 20 heavy (non-hydrogen) atoms. The minimum absolute atomic E-state index is 0.323. The minimum Gasteiger partial charge on any atom is -0.381 e. The highest BCUT2D eigenvalue weighted by Gasteiger charge is 2.28. The van der Waals surface area contributed by atoms with E-state index >= 15 is 0 Å². The van der Waals surface area contributed by atoms with Crippen molar-refractivity contribution in [2.75, 3.05) is 45.6 Å². The van der Waals surface area contributed by atoms with Gasteiger partial charge in [0, 0.05) is 50.4 Å². The van der Waals surface area contributed by atoms with Gasteiger partial charge in [0.1, 0.15) is 0 Å². The van der Waals surface area contributed by atoms with Gasteiger partial charge in [-0.05, 0) is 39.0 Å². The van der Waals surface area contributed by atoms with Gasteiger partial charge in [0.25, 0.3) is 0 Å². The highest BCUT2D eigenvalue weighted by atomic mass is 32.2. The van der Waals surface area contributed by atoms with E-state index in [1.165, 1.54) is 18.6 Å². The molecule has 0 spiro atoms. The zero-order valence-corrected chi connectivity index (χ0v) is 14.0. The Hall–Kier alpha value is -0.420. The maximum atomic E-state index is 5.65. The third-order valence-corrected chi connectivity index (χ3v) is 5.03. The molecule has 0 radical (unpaired) electrons. The lowest BCUT2D eigenvalue weighted by atomic mass is 10.2. The first-order valence-electron chi connectivity index (χ1n) is 7.78. The Labute approximate surface area is 127 Å². The summed E-state index contributed by atoms with van der Waals surface area (Å²) in [4.78, 5) is 6.79. The fourth-order valence-corrected chi connectivity index (χ4v) is 3.55. The van der Waals surface area contributed by atoms with E-state index in [0.29, 0.717) is 4.75 Å². The molecule has 2 rings (SSSR count). The lowest BCUT2D eigenvalue weighted by molar-refractivity contribution is 0.122. The van der Waals surface area contributed by atoms with Crippen LogP contribution in [0.25, 0.3) is 0 Å². The maximum Gasteiger partial charge on any atom is 0.193 e. The third kappa shape index (κ3) is 5.52. The molecule has 1 saturated heterocycles. The molecule has 0 aromatic rings. The lowest BCUT2D eigenvalue weighted by Gasteiger charge is -2.39. The number of nitrogens with one attached hydrogen (secondary N) is 1. The molecule has 1 aliphatic heterocycles. The number of nitrogens with zero attached hydrogens (tertiary/aromatic N) is 2. The van der Waals surface area contributed by atoms with Crippen LogP contribution < -0.4 is 5.32 Å². The van der Waals surface area contributed by atoms with Crippen molar-refractivity contribution >= 4 is 17.7 Å². The van der Waals surface area contributed by atoms with Crippen LogP contribution in [0.5, 0.6) is 0 Å². The van der Waals surface area contributed by atoms with E-state index in [-0.39, 0.29) is 0 Å². The molecular weight excluding hydrogens is 270 g/mol. The van der Waals surface area contributed by atoms with E-state index in [1.807, 2.05) is 7.05 Å². The van der Waals surface area contributed by atoms with Crippen LogP contribution in [0.15, 0.2) is 4.99 Å². The summed E-state index contributed by atoms with van der Waals surface area (Å²) in [6.45, 7) is 9.54. The van der Waals surface area contributed by atoms with E-state index in [9.17, 15) is 0 Å². The van der Waals surface area contributed by atoms with Crippen LogP contribution in [0.4, 0.5) is 0 Å². The largest absolute Gasteiger partial charge is 0.381 e. The summed E-state index contributed by atoms with van der Waals surface area (Å²) in [5.41, 5.74) is 0. The second-order valence-corrected chi connectivity index (χ2v) is 8.18. The Morgan fingerprint density at radius 2 is 2.25 bits per heavy atom. The monoisotopic (exact) mass is 299 g/mol. The van der Waals surface area contributed by atoms with E-state index in [2.05, 4.69) is 40.8 Å². The summed E-state index contributed by atoms with van der Waals surface area (Å²) in [6.07, 6.45) is 3.79. The normalized spacial score (nSPS) is 22.9. The van der Waals surface area contributed by atoms with Crippen molar-refractivity contribution in [1.82, 2.24) is 10.2 Å². The van der Waals surface area contributed by atoms with Crippen molar-refractivity contribution < 1.29 is 4.74 Å². The van der Waals surface area contributed by atoms with Crippen molar-refractivity contribution in [2.45, 2.75) is 37.9 Å². The molecule has 1 aliphatic carbocycles. The fourth-order valence-electron chi connectivity index (χ4n) is 2.44. The highest BCUT2D eigenvalue weighted by Crippen LogP contribution is 2.29. The molecule has 1 saturated carbocycles. The predicted octanol–water partition coefficient (Wildman–Crippen LogP) is 2.21. The van der Waals surface area contributed by atoms with Gasteiger partial charge in [-0.2, -0.15) is 11.8 Å². The van der Waals surface area contributed by atoms with Crippen molar-refractivity contribution in [1.29, 1.82) is 0 Å². The van der Waals surface area contributed by atoms with Crippen LogP contribution in [-0.2, 0) is 4.74 Å². The molecule has 0 unspecified atom stereocenters. The van der Waals surface area contributed by atoms with Crippen LogP contribution in [0, 0.1) is 5.92 Å². The van der Waals surface area contributed by atoms with E-state index < -0.39 is 0 Å². The Bertz CT molecular complexity index is 329. The van der Waals surface area contributed by atoms with E-state index in [4.69, 9.17) is 4.74 Å². The first-order valence-corrected chi connectivity index (χ1v) is 8.76. The Morgan fingerprint density at radius 1 is 1.45 bits per heavy atom. The number of ether oxygens (including phenoxy) is 1. The van der Waals surface area contributed by atoms with Crippen molar-refractivity contribution in [3.05, 3.63) is 0 Å². The van der Waals surface area contributed by atoms with Crippen LogP contribution in [0.3, 0.4) is 0 Å². The molecule has 2 fully saturated rings. The number of guanidine groups is 1. The predicted molar refractivity (Wildman–Crippen MR) is 87.6 cm³/mol. The second-order valence-electron chi connectivity index (χ2n) is 6.38. The number of hydrogen-bond donors (Lipinski definition) is 1. The van der Waals surface area contributed by atoms with Crippen LogP contribution in [0.2, 0.25) is 0 Å². The number of aliphatic imine (C=N–C) groups is 1. The van der Waals surface area contributed by atoms with E-state index in [0.717, 1.165) is 51.1 Å². The molecular formula is C15H29N3OS. The number of rotatable bonds is 6. The third-order valence-electron chi connectivity index (χ3n) is 3.74. The van der Waals surface area contributed by atoms with Crippen molar-refractivity contribution in [3.63, 3.8) is 0 Å². The average molecular weight is 299 g/mol. The van der Waals surface area contributed by atoms with Crippen LogP contribution in [0.1, 0.15) is 33.1 Å². The lowest BCUT2D eigenvalue weighted by Crippen LogP contribution is -2.51. The average Bonchev–Trinajstić information content (AvgIpc) is 3.21. The second kappa shape index (κ2) is 7.55. The smallest absolute Gasteiger partial charge is 0.193 e. The summed E-state index contributed by atoms with van der Waals surface area (Å²) in [7, 11) is 1.88. The zero-order valence-electron chi connectivity index (χ0n) is 13.2.